The Morgan fingerprint density at radius 3 is 2.78 bits per heavy atom. The van der Waals surface area contributed by atoms with Crippen LogP contribution in [-0.2, 0) is 0 Å². The summed E-state index contributed by atoms with van der Waals surface area (Å²) < 4.78 is 0. The maximum absolute atomic E-state index is 9.00. The van der Waals surface area contributed by atoms with Crippen LogP contribution < -0.4 is 5.32 Å². The maximum atomic E-state index is 9.00. The molecule has 0 unspecified atom stereocenters. The molecule has 0 saturated heterocycles. The van der Waals surface area contributed by atoms with Crippen molar-refractivity contribution in [2.45, 2.75) is 19.4 Å². The largest absolute Gasteiger partial charge is 0.392 e. The number of rotatable bonds is 5. The number of aliphatic hydroxyl groups is 1. The third kappa shape index (κ3) is 6.15. The van der Waals surface area contributed by atoms with E-state index in [-0.39, 0.29) is 6.10 Å². The molecular weight excluding hydrogens is 134 g/mol. The zero-order valence-electron chi connectivity index (χ0n) is 5.80. The number of nitrogens with one attached hydrogen (secondary N) is 1. The molecule has 9 heavy (non-hydrogen) atoms. The Labute approximate surface area is 62.1 Å². The van der Waals surface area contributed by atoms with E-state index in [1.807, 2.05) is 6.92 Å². The van der Waals surface area contributed by atoms with Crippen molar-refractivity contribution in [3.05, 3.63) is 0 Å². The van der Waals surface area contributed by atoms with Crippen molar-refractivity contribution in [3.63, 3.8) is 0 Å². The standard InChI is InChI=1S/C6H15NOS/c1-2-6(8)5-7-3-4-9/h6-9H,2-5H2,1H3/t6-/m0/s1. The van der Waals surface area contributed by atoms with Crippen LogP contribution >= 0.6 is 12.6 Å². The summed E-state index contributed by atoms with van der Waals surface area (Å²) in [6.07, 6.45) is 0.629. The lowest BCUT2D eigenvalue weighted by molar-refractivity contribution is 0.168. The normalized spacial score (nSPS) is 13.7. The first-order valence-corrected chi connectivity index (χ1v) is 3.94. The molecule has 0 radical (unpaired) electrons. The number of aliphatic hydroxyl groups excluding tert-OH is 1. The fourth-order valence-corrected chi connectivity index (χ4v) is 0.650. The molecule has 0 aromatic heterocycles. The lowest BCUT2D eigenvalue weighted by Gasteiger charge is -2.06. The highest BCUT2D eigenvalue weighted by molar-refractivity contribution is 7.80. The molecule has 0 heterocycles. The highest BCUT2D eigenvalue weighted by Gasteiger charge is 1.96. The van der Waals surface area contributed by atoms with Crippen LogP contribution in [0.4, 0.5) is 0 Å². The molecule has 0 aromatic rings. The van der Waals surface area contributed by atoms with Crippen LogP contribution in [0.5, 0.6) is 0 Å². The molecule has 0 aromatic carbocycles. The van der Waals surface area contributed by atoms with Crippen molar-refractivity contribution >= 4 is 12.6 Å². The average Bonchev–Trinajstić information content (AvgIpc) is 1.89. The van der Waals surface area contributed by atoms with E-state index in [2.05, 4.69) is 17.9 Å². The smallest absolute Gasteiger partial charge is 0.0662 e. The van der Waals surface area contributed by atoms with E-state index in [4.69, 9.17) is 5.11 Å². The van der Waals surface area contributed by atoms with Crippen molar-refractivity contribution in [1.82, 2.24) is 5.32 Å². The molecule has 0 saturated carbocycles. The molecule has 2 nitrogen and oxygen atoms in total. The summed E-state index contributed by atoms with van der Waals surface area (Å²) in [6.45, 7) is 3.53. The van der Waals surface area contributed by atoms with Gasteiger partial charge in [-0.2, -0.15) is 12.6 Å². The Balaban J connectivity index is 2.88. The van der Waals surface area contributed by atoms with E-state index < -0.39 is 0 Å². The predicted molar refractivity (Wildman–Crippen MR) is 43.0 cm³/mol. The monoisotopic (exact) mass is 149 g/mol. The number of hydrogen-bond acceptors (Lipinski definition) is 3. The minimum atomic E-state index is -0.190. The molecule has 56 valence electrons. The first-order valence-electron chi connectivity index (χ1n) is 3.31. The van der Waals surface area contributed by atoms with Gasteiger partial charge in [-0.25, -0.2) is 0 Å². The van der Waals surface area contributed by atoms with Crippen LogP contribution in [0.25, 0.3) is 0 Å². The summed E-state index contributed by atoms with van der Waals surface area (Å²) in [4.78, 5) is 0. The highest BCUT2D eigenvalue weighted by Crippen LogP contribution is 1.85. The summed E-state index contributed by atoms with van der Waals surface area (Å²) in [6, 6.07) is 0. The number of hydrogen-bond donors (Lipinski definition) is 3. The molecule has 1 atom stereocenters. The minimum Gasteiger partial charge on any atom is -0.392 e. The second kappa shape index (κ2) is 6.39. The fraction of sp³-hybridized carbons (Fsp3) is 1.00. The van der Waals surface area contributed by atoms with Gasteiger partial charge < -0.3 is 10.4 Å². The Bertz CT molecular complexity index is 61.0. The Morgan fingerprint density at radius 2 is 2.33 bits per heavy atom. The van der Waals surface area contributed by atoms with E-state index in [0.29, 0.717) is 6.54 Å². The quantitative estimate of drug-likeness (QED) is 0.387. The molecule has 0 rings (SSSR count). The fourth-order valence-electron chi connectivity index (χ4n) is 0.492. The van der Waals surface area contributed by atoms with Crippen LogP contribution in [0, 0.1) is 0 Å². The molecule has 0 fully saturated rings. The molecular formula is C6H15NOS. The van der Waals surface area contributed by atoms with E-state index in [1.54, 1.807) is 0 Å². The SMILES string of the molecule is CC[C@H](O)CNCCS. The first kappa shape index (κ1) is 9.27. The van der Waals surface area contributed by atoms with E-state index in [1.165, 1.54) is 0 Å². The van der Waals surface area contributed by atoms with Crippen LogP contribution in [0.15, 0.2) is 0 Å². The van der Waals surface area contributed by atoms with Crippen molar-refractivity contribution in [1.29, 1.82) is 0 Å². The number of thiol groups is 1. The Hall–Kier alpha value is 0.270. The van der Waals surface area contributed by atoms with Crippen LogP contribution in [-0.4, -0.2) is 30.1 Å². The van der Waals surface area contributed by atoms with Gasteiger partial charge in [0, 0.05) is 18.8 Å². The average molecular weight is 149 g/mol. The van der Waals surface area contributed by atoms with Crippen molar-refractivity contribution in [2.24, 2.45) is 0 Å². The van der Waals surface area contributed by atoms with E-state index >= 15 is 0 Å². The van der Waals surface area contributed by atoms with Crippen molar-refractivity contribution in [2.75, 3.05) is 18.8 Å². The van der Waals surface area contributed by atoms with Gasteiger partial charge in [0.1, 0.15) is 0 Å². The lowest BCUT2D eigenvalue weighted by atomic mass is 10.3. The first-order chi connectivity index (χ1) is 4.31. The second-order valence-corrected chi connectivity index (χ2v) is 2.44. The van der Waals surface area contributed by atoms with Crippen LogP contribution in [0.2, 0.25) is 0 Å². The van der Waals surface area contributed by atoms with Gasteiger partial charge in [0.2, 0.25) is 0 Å². The third-order valence-corrected chi connectivity index (χ3v) is 1.36. The van der Waals surface area contributed by atoms with Gasteiger partial charge in [0.05, 0.1) is 6.10 Å². The summed E-state index contributed by atoms with van der Waals surface area (Å²) in [7, 11) is 0. The van der Waals surface area contributed by atoms with E-state index in [0.717, 1.165) is 18.7 Å². The topological polar surface area (TPSA) is 32.3 Å². The summed E-state index contributed by atoms with van der Waals surface area (Å²) in [5, 5.41) is 12.1. The zero-order valence-corrected chi connectivity index (χ0v) is 6.69. The van der Waals surface area contributed by atoms with Gasteiger partial charge in [-0.15, -0.1) is 0 Å². The van der Waals surface area contributed by atoms with Crippen LogP contribution in [0.3, 0.4) is 0 Å². The molecule has 3 heteroatoms. The Morgan fingerprint density at radius 1 is 1.67 bits per heavy atom. The second-order valence-electron chi connectivity index (χ2n) is 1.99. The molecule has 0 aliphatic rings. The van der Waals surface area contributed by atoms with Crippen molar-refractivity contribution in [3.8, 4) is 0 Å². The molecule has 0 aliphatic carbocycles. The minimum absolute atomic E-state index is 0.190. The van der Waals surface area contributed by atoms with E-state index in [9.17, 15) is 0 Å². The van der Waals surface area contributed by atoms with Gasteiger partial charge >= 0.3 is 0 Å². The molecule has 2 N–H and O–H groups in total. The summed E-state index contributed by atoms with van der Waals surface area (Å²) >= 11 is 4.01. The van der Waals surface area contributed by atoms with Crippen molar-refractivity contribution < 1.29 is 5.11 Å². The molecule has 0 spiro atoms. The predicted octanol–water partition coefficient (Wildman–Crippen LogP) is 0.277. The molecule has 0 aliphatic heterocycles. The molecule has 0 bridgehead atoms. The summed E-state index contributed by atoms with van der Waals surface area (Å²) in [5.74, 6) is 0.830. The lowest BCUT2D eigenvalue weighted by Crippen LogP contribution is -2.27. The zero-order chi connectivity index (χ0) is 7.11. The van der Waals surface area contributed by atoms with Gasteiger partial charge in [-0.3, -0.25) is 0 Å². The highest BCUT2D eigenvalue weighted by atomic mass is 32.1. The van der Waals surface area contributed by atoms with Gasteiger partial charge in [0.15, 0.2) is 0 Å². The van der Waals surface area contributed by atoms with Crippen LogP contribution in [0.1, 0.15) is 13.3 Å². The van der Waals surface area contributed by atoms with Gasteiger partial charge in [-0.05, 0) is 6.42 Å². The molecule has 0 amide bonds. The van der Waals surface area contributed by atoms with Gasteiger partial charge in [-0.1, -0.05) is 6.92 Å². The Kier molecular flexibility index (Phi) is 6.58. The summed E-state index contributed by atoms with van der Waals surface area (Å²) in [5.41, 5.74) is 0. The maximum Gasteiger partial charge on any atom is 0.0662 e. The van der Waals surface area contributed by atoms with Gasteiger partial charge in [0.25, 0.3) is 0 Å². The third-order valence-electron chi connectivity index (χ3n) is 1.14.